The lowest BCUT2D eigenvalue weighted by atomic mass is 10.1. The molecule has 1 heterocycles. The van der Waals surface area contributed by atoms with E-state index < -0.39 is 5.97 Å². The van der Waals surface area contributed by atoms with Crippen LogP contribution in [-0.4, -0.2) is 34.6 Å². The SMILES string of the molecule is CCC1CCCN1C(=O)Nc1ccccc1CC(=O)O. The Kier molecular flexibility index (Phi) is 4.61. The number of likely N-dealkylation sites (tertiary alicyclic amines) is 1. The smallest absolute Gasteiger partial charge is 0.322 e. The molecule has 0 radical (unpaired) electrons. The molecule has 2 rings (SSSR count). The first kappa shape index (κ1) is 14.4. The number of carbonyl (C=O) groups excluding carboxylic acids is 1. The number of rotatable bonds is 4. The van der Waals surface area contributed by atoms with Crippen molar-refractivity contribution in [3.8, 4) is 0 Å². The predicted octanol–water partition coefficient (Wildman–Crippen LogP) is 2.72. The summed E-state index contributed by atoms with van der Waals surface area (Å²) in [7, 11) is 0. The molecule has 0 aliphatic carbocycles. The number of benzene rings is 1. The first-order valence-corrected chi connectivity index (χ1v) is 6.99. The highest BCUT2D eigenvalue weighted by Gasteiger charge is 2.27. The Morgan fingerprint density at radius 3 is 2.85 bits per heavy atom. The summed E-state index contributed by atoms with van der Waals surface area (Å²) in [5.41, 5.74) is 1.21. The maximum absolute atomic E-state index is 12.3. The van der Waals surface area contributed by atoms with Gasteiger partial charge in [-0.05, 0) is 30.9 Å². The first-order valence-electron chi connectivity index (χ1n) is 6.99. The van der Waals surface area contributed by atoms with E-state index in [0.717, 1.165) is 25.8 Å². The van der Waals surface area contributed by atoms with Gasteiger partial charge in [0.15, 0.2) is 0 Å². The predicted molar refractivity (Wildman–Crippen MR) is 76.8 cm³/mol. The number of carbonyl (C=O) groups is 2. The Morgan fingerprint density at radius 1 is 1.40 bits per heavy atom. The van der Waals surface area contributed by atoms with E-state index in [1.807, 2.05) is 4.90 Å². The van der Waals surface area contributed by atoms with Crippen LogP contribution in [0.3, 0.4) is 0 Å². The number of urea groups is 1. The lowest BCUT2D eigenvalue weighted by Gasteiger charge is -2.24. The quantitative estimate of drug-likeness (QED) is 0.888. The van der Waals surface area contributed by atoms with Crippen molar-refractivity contribution in [2.45, 2.75) is 38.6 Å². The third-order valence-electron chi connectivity index (χ3n) is 3.71. The third-order valence-corrected chi connectivity index (χ3v) is 3.71. The average molecular weight is 276 g/mol. The van der Waals surface area contributed by atoms with E-state index in [2.05, 4.69) is 12.2 Å². The van der Waals surface area contributed by atoms with Crippen LogP contribution in [-0.2, 0) is 11.2 Å². The monoisotopic (exact) mass is 276 g/mol. The molecule has 1 unspecified atom stereocenters. The topological polar surface area (TPSA) is 69.6 Å². The average Bonchev–Trinajstić information content (AvgIpc) is 2.88. The first-order chi connectivity index (χ1) is 9.61. The van der Waals surface area contributed by atoms with Crippen molar-refractivity contribution in [1.29, 1.82) is 0 Å². The van der Waals surface area contributed by atoms with Gasteiger partial charge in [0.05, 0.1) is 6.42 Å². The number of para-hydroxylation sites is 1. The highest BCUT2D eigenvalue weighted by Crippen LogP contribution is 2.22. The van der Waals surface area contributed by atoms with E-state index in [9.17, 15) is 9.59 Å². The van der Waals surface area contributed by atoms with Crippen molar-refractivity contribution in [3.05, 3.63) is 29.8 Å². The van der Waals surface area contributed by atoms with Gasteiger partial charge in [0, 0.05) is 18.3 Å². The zero-order chi connectivity index (χ0) is 14.5. The van der Waals surface area contributed by atoms with Crippen LogP contribution in [0.25, 0.3) is 0 Å². The number of anilines is 1. The van der Waals surface area contributed by atoms with E-state index >= 15 is 0 Å². The largest absolute Gasteiger partial charge is 0.481 e. The summed E-state index contributed by atoms with van der Waals surface area (Å²) in [6.45, 7) is 2.85. The summed E-state index contributed by atoms with van der Waals surface area (Å²) in [4.78, 5) is 25.0. The van der Waals surface area contributed by atoms with Crippen LogP contribution < -0.4 is 5.32 Å². The molecule has 108 valence electrons. The standard InChI is InChI=1S/C15H20N2O3/c1-2-12-7-5-9-17(12)15(20)16-13-8-4-3-6-11(13)10-14(18)19/h3-4,6,8,12H,2,5,7,9-10H2,1H3,(H,16,20)(H,18,19). The molecule has 0 saturated carbocycles. The number of hydrogen-bond donors (Lipinski definition) is 2. The van der Waals surface area contributed by atoms with Crippen LogP contribution in [0.2, 0.25) is 0 Å². The molecule has 1 aliphatic rings. The van der Waals surface area contributed by atoms with Crippen LogP contribution >= 0.6 is 0 Å². The Bertz CT molecular complexity index is 502. The van der Waals surface area contributed by atoms with Crippen molar-refractivity contribution < 1.29 is 14.7 Å². The molecule has 1 fully saturated rings. The molecular weight excluding hydrogens is 256 g/mol. The van der Waals surface area contributed by atoms with Gasteiger partial charge in [0.25, 0.3) is 0 Å². The minimum Gasteiger partial charge on any atom is -0.481 e. The third kappa shape index (κ3) is 3.29. The molecule has 20 heavy (non-hydrogen) atoms. The van der Waals surface area contributed by atoms with Gasteiger partial charge < -0.3 is 15.3 Å². The van der Waals surface area contributed by atoms with Crippen LogP contribution in [0.15, 0.2) is 24.3 Å². The summed E-state index contributed by atoms with van der Waals surface area (Å²) in [6, 6.07) is 7.20. The van der Waals surface area contributed by atoms with Crippen LogP contribution in [0.5, 0.6) is 0 Å². The van der Waals surface area contributed by atoms with Crippen LogP contribution in [0.1, 0.15) is 31.7 Å². The van der Waals surface area contributed by atoms with Crippen LogP contribution in [0.4, 0.5) is 10.5 Å². The summed E-state index contributed by atoms with van der Waals surface area (Å²) in [5.74, 6) is -0.903. The van der Waals surface area contributed by atoms with E-state index in [1.54, 1.807) is 24.3 Å². The number of aliphatic carboxylic acids is 1. The Morgan fingerprint density at radius 2 is 2.15 bits per heavy atom. The molecule has 0 spiro atoms. The molecule has 5 heteroatoms. The molecular formula is C15H20N2O3. The van der Waals surface area contributed by atoms with Crippen molar-refractivity contribution in [3.63, 3.8) is 0 Å². The fourth-order valence-electron chi connectivity index (χ4n) is 2.67. The highest BCUT2D eigenvalue weighted by atomic mass is 16.4. The molecule has 1 aliphatic heterocycles. The maximum Gasteiger partial charge on any atom is 0.322 e. The van der Waals surface area contributed by atoms with Gasteiger partial charge in [-0.15, -0.1) is 0 Å². The lowest BCUT2D eigenvalue weighted by molar-refractivity contribution is -0.136. The fourth-order valence-corrected chi connectivity index (χ4v) is 2.67. The van der Waals surface area contributed by atoms with Gasteiger partial charge in [-0.2, -0.15) is 0 Å². The number of nitrogens with zero attached hydrogens (tertiary/aromatic N) is 1. The fraction of sp³-hybridized carbons (Fsp3) is 0.467. The van der Waals surface area contributed by atoms with Gasteiger partial charge in [0.2, 0.25) is 0 Å². The lowest BCUT2D eigenvalue weighted by Crippen LogP contribution is -2.38. The second-order valence-electron chi connectivity index (χ2n) is 5.06. The number of amides is 2. The molecule has 5 nitrogen and oxygen atoms in total. The Balaban J connectivity index is 2.09. The number of hydrogen-bond acceptors (Lipinski definition) is 2. The van der Waals surface area contributed by atoms with E-state index in [1.165, 1.54) is 0 Å². The van der Waals surface area contributed by atoms with E-state index in [4.69, 9.17) is 5.11 Å². The van der Waals surface area contributed by atoms with Crippen molar-refractivity contribution >= 4 is 17.7 Å². The summed E-state index contributed by atoms with van der Waals surface area (Å²) in [5, 5.41) is 11.7. The number of carboxylic acids is 1. The van der Waals surface area contributed by atoms with Gasteiger partial charge in [-0.25, -0.2) is 4.79 Å². The Hall–Kier alpha value is -2.04. The summed E-state index contributed by atoms with van der Waals surface area (Å²) < 4.78 is 0. The van der Waals surface area contributed by atoms with Crippen molar-refractivity contribution in [1.82, 2.24) is 4.90 Å². The molecule has 1 atom stereocenters. The van der Waals surface area contributed by atoms with Gasteiger partial charge >= 0.3 is 12.0 Å². The minimum absolute atomic E-state index is 0.0896. The molecule has 0 aromatic heterocycles. The van der Waals surface area contributed by atoms with Crippen LogP contribution in [0, 0.1) is 0 Å². The zero-order valence-electron chi connectivity index (χ0n) is 11.6. The van der Waals surface area contributed by atoms with Gasteiger partial charge in [-0.1, -0.05) is 25.1 Å². The number of nitrogens with one attached hydrogen (secondary N) is 1. The number of carboxylic acid groups (broad SMARTS) is 1. The normalized spacial score (nSPS) is 18.1. The van der Waals surface area contributed by atoms with Gasteiger partial charge in [-0.3, -0.25) is 4.79 Å². The highest BCUT2D eigenvalue weighted by molar-refractivity contribution is 5.91. The molecule has 1 saturated heterocycles. The summed E-state index contributed by atoms with van der Waals surface area (Å²) >= 11 is 0. The zero-order valence-corrected chi connectivity index (χ0v) is 11.6. The van der Waals surface area contributed by atoms with E-state index in [0.29, 0.717) is 17.3 Å². The molecule has 1 aromatic rings. The molecule has 1 aromatic carbocycles. The second-order valence-corrected chi connectivity index (χ2v) is 5.06. The molecule has 2 N–H and O–H groups in total. The minimum atomic E-state index is -0.903. The van der Waals surface area contributed by atoms with Gasteiger partial charge in [0.1, 0.15) is 0 Å². The van der Waals surface area contributed by atoms with Crippen molar-refractivity contribution in [2.24, 2.45) is 0 Å². The second kappa shape index (κ2) is 6.41. The molecule has 2 amide bonds. The maximum atomic E-state index is 12.3. The summed E-state index contributed by atoms with van der Waals surface area (Å²) in [6.07, 6.45) is 2.93. The molecule has 0 bridgehead atoms. The van der Waals surface area contributed by atoms with Crippen molar-refractivity contribution in [2.75, 3.05) is 11.9 Å². The van der Waals surface area contributed by atoms with E-state index in [-0.39, 0.29) is 12.5 Å². The Labute approximate surface area is 118 Å².